The first kappa shape index (κ1) is 22.1. The molecule has 0 saturated heterocycles. The zero-order valence-corrected chi connectivity index (χ0v) is 17.9. The van der Waals surface area contributed by atoms with E-state index in [1.54, 1.807) is 24.3 Å². The second-order valence-electron chi connectivity index (χ2n) is 7.39. The molecule has 0 fully saturated rings. The van der Waals surface area contributed by atoms with Gasteiger partial charge in [0, 0.05) is 6.54 Å². The number of hydrogen-bond acceptors (Lipinski definition) is 3. The first-order valence-corrected chi connectivity index (χ1v) is 10.5. The van der Waals surface area contributed by atoms with Crippen molar-refractivity contribution in [2.24, 2.45) is 0 Å². The van der Waals surface area contributed by atoms with Gasteiger partial charge in [-0.1, -0.05) is 79.2 Å². The zero-order valence-electron chi connectivity index (χ0n) is 17.9. The fourth-order valence-electron chi connectivity index (χ4n) is 3.25. The molecule has 160 valence electrons. The van der Waals surface area contributed by atoms with E-state index in [0.29, 0.717) is 17.9 Å². The van der Waals surface area contributed by atoms with Gasteiger partial charge in [-0.3, -0.25) is 9.59 Å². The van der Waals surface area contributed by atoms with Gasteiger partial charge in [-0.2, -0.15) is 0 Å². The third-order valence-electron chi connectivity index (χ3n) is 5.01. The second kappa shape index (κ2) is 11.0. The highest BCUT2D eigenvalue weighted by atomic mass is 16.5. The van der Waals surface area contributed by atoms with Gasteiger partial charge in [0.2, 0.25) is 0 Å². The van der Waals surface area contributed by atoms with Crippen molar-refractivity contribution >= 4 is 11.8 Å². The van der Waals surface area contributed by atoms with Crippen LogP contribution in [0.1, 0.15) is 46.4 Å². The van der Waals surface area contributed by atoms with Crippen molar-refractivity contribution < 1.29 is 14.3 Å². The maximum absolute atomic E-state index is 12.6. The fourth-order valence-corrected chi connectivity index (χ4v) is 3.25. The minimum absolute atomic E-state index is 0.0823. The van der Waals surface area contributed by atoms with Crippen molar-refractivity contribution in [3.8, 4) is 5.75 Å². The molecule has 2 N–H and O–H groups in total. The molecule has 0 heterocycles. The predicted molar refractivity (Wildman–Crippen MR) is 122 cm³/mol. The molecule has 5 heteroatoms. The summed E-state index contributed by atoms with van der Waals surface area (Å²) in [7, 11) is 0. The average molecular weight is 417 g/mol. The molecule has 0 bridgehead atoms. The lowest BCUT2D eigenvalue weighted by molar-refractivity contribution is -0.123. The molecule has 3 rings (SSSR count). The molecular weight excluding hydrogens is 388 g/mol. The fraction of sp³-hybridized carbons (Fsp3) is 0.231. The molecule has 0 unspecified atom stereocenters. The summed E-state index contributed by atoms with van der Waals surface area (Å²) >= 11 is 0. The summed E-state index contributed by atoms with van der Waals surface area (Å²) in [5.74, 6) is -0.0931. The van der Waals surface area contributed by atoms with E-state index >= 15 is 0 Å². The first-order valence-electron chi connectivity index (χ1n) is 10.5. The van der Waals surface area contributed by atoms with Crippen LogP contribution in [0, 0.1) is 6.92 Å². The number of rotatable bonds is 9. The largest absolute Gasteiger partial charge is 0.483 e. The van der Waals surface area contributed by atoms with Gasteiger partial charge < -0.3 is 15.4 Å². The lowest BCUT2D eigenvalue weighted by Crippen LogP contribution is -2.32. The Morgan fingerprint density at radius 3 is 2.29 bits per heavy atom. The van der Waals surface area contributed by atoms with Crippen LogP contribution in [0.5, 0.6) is 5.75 Å². The Morgan fingerprint density at radius 2 is 1.58 bits per heavy atom. The summed E-state index contributed by atoms with van der Waals surface area (Å²) in [5, 5.41) is 5.89. The van der Waals surface area contributed by atoms with E-state index in [4.69, 9.17) is 4.74 Å². The highest BCUT2D eigenvalue weighted by molar-refractivity contribution is 5.97. The van der Waals surface area contributed by atoms with Gasteiger partial charge in [0.1, 0.15) is 5.75 Å². The number of nitrogens with one attached hydrogen (secondary N) is 2. The van der Waals surface area contributed by atoms with Crippen LogP contribution >= 0.6 is 0 Å². The van der Waals surface area contributed by atoms with Crippen LogP contribution < -0.4 is 15.4 Å². The molecule has 0 aliphatic heterocycles. The van der Waals surface area contributed by atoms with Crippen LogP contribution in [0.4, 0.5) is 0 Å². The summed E-state index contributed by atoms with van der Waals surface area (Å²) in [5.41, 5.74) is 3.64. The van der Waals surface area contributed by atoms with Crippen LogP contribution in [0.25, 0.3) is 0 Å². The third kappa shape index (κ3) is 6.44. The lowest BCUT2D eigenvalue weighted by Gasteiger charge is -2.18. The Morgan fingerprint density at radius 1 is 0.903 bits per heavy atom. The molecule has 3 aromatic rings. The maximum atomic E-state index is 12.6. The molecule has 31 heavy (non-hydrogen) atoms. The number of hydrogen-bond donors (Lipinski definition) is 2. The standard InChI is InChI=1S/C26H28N2O3/c1-3-23(21-15-13-19(2)14-16-21)28-25(29)18-31-24-12-8-7-11-22(24)26(30)27-17-20-9-5-4-6-10-20/h4-16,23H,3,17-18H2,1-2H3,(H,27,30)(H,28,29)/t23-/m0/s1. The van der Waals surface area contributed by atoms with E-state index in [0.717, 1.165) is 17.5 Å². The van der Waals surface area contributed by atoms with Gasteiger partial charge in [-0.25, -0.2) is 0 Å². The predicted octanol–water partition coefficient (Wildman–Crippen LogP) is 4.57. The van der Waals surface area contributed by atoms with E-state index in [1.807, 2.05) is 68.4 Å². The summed E-state index contributed by atoms with van der Waals surface area (Å²) in [6.07, 6.45) is 0.771. The van der Waals surface area contributed by atoms with Crippen molar-refractivity contribution in [3.63, 3.8) is 0 Å². The highest BCUT2D eigenvalue weighted by Gasteiger charge is 2.16. The zero-order chi connectivity index (χ0) is 22.1. The third-order valence-corrected chi connectivity index (χ3v) is 5.01. The number of ether oxygens (including phenoxy) is 1. The molecule has 2 amide bonds. The molecule has 0 aliphatic rings. The quantitative estimate of drug-likeness (QED) is 0.537. The Balaban J connectivity index is 1.58. The van der Waals surface area contributed by atoms with Crippen LogP contribution in [-0.4, -0.2) is 18.4 Å². The van der Waals surface area contributed by atoms with Gasteiger partial charge >= 0.3 is 0 Å². The molecule has 5 nitrogen and oxygen atoms in total. The van der Waals surface area contributed by atoms with Gasteiger partial charge in [0.05, 0.1) is 11.6 Å². The first-order chi connectivity index (χ1) is 15.1. The number of aryl methyl sites for hydroxylation is 1. The Hall–Kier alpha value is -3.60. The van der Waals surface area contributed by atoms with Gasteiger partial charge in [0.25, 0.3) is 11.8 Å². The van der Waals surface area contributed by atoms with Gasteiger partial charge in [-0.15, -0.1) is 0 Å². The van der Waals surface area contributed by atoms with Crippen LogP contribution in [0.3, 0.4) is 0 Å². The average Bonchev–Trinajstić information content (AvgIpc) is 2.81. The topological polar surface area (TPSA) is 67.4 Å². The number of benzene rings is 3. The number of para-hydroxylation sites is 1. The van der Waals surface area contributed by atoms with E-state index in [2.05, 4.69) is 10.6 Å². The molecule has 0 saturated carbocycles. The van der Waals surface area contributed by atoms with E-state index in [1.165, 1.54) is 5.56 Å². The van der Waals surface area contributed by atoms with E-state index in [9.17, 15) is 9.59 Å². The molecule has 0 radical (unpaired) electrons. The Bertz CT molecular complexity index is 1000. The Kier molecular flexibility index (Phi) is 7.82. The van der Waals surface area contributed by atoms with Crippen LogP contribution in [0.15, 0.2) is 78.9 Å². The Labute approximate surface area is 183 Å². The smallest absolute Gasteiger partial charge is 0.258 e. The molecule has 1 atom stereocenters. The normalized spacial score (nSPS) is 11.4. The summed E-state index contributed by atoms with van der Waals surface area (Å²) in [6, 6.07) is 24.7. The van der Waals surface area contributed by atoms with Crippen molar-refractivity contribution in [3.05, 3.63) is 101 Å². The van der Waals surface area contributed by atoms with Gasteiger partial charge in [0.15, 0.2) is 6.61 Å². The molecule has 0 spiro atoms. The van der Waals surface area contributed by atoms with Crippen molar-refractivity contribution in [1.82, 2.24) is 10.6 Å². The summed E-state index contributed by atoms with van der Waals surface area (Å²) < 4.78 is 5.70. The van der Waals surface area contributed by atoms with E-state index in [-0.39, 0.29) is 24.5 Å². The molecule has 0 aliphatic carbocycles. The summed E-state index contributed by atoms with van der Waals surface area (Å²) in [4.78, 5) is 25.1. The maximum Gasteiger partial charge on any atom is 0.258 e. The summed E-state index contributed by atoms with van der Waals surface area (Å²) in [6.45, 7) is 4.32. The minimum atomic E-state index is -0.244. The van der Waals surface area contributed by atoms with Crippen LogP contribution in [0.2, 0.25) is 0 Å². The number of amides is 2. The molecule has 0 aromatic heterocycles. The van der Waals surface area contributed by atoms with E-state index < -0.39 is 0 Å². The lowest BCUT2D eigenvalue weighted by atomic mass is 10.0. The molecular formula is C26H28N2O3. The number of carbonyl (C=O) groups excluding carboxylic acids is 2. The van der Waals surface area contributed by atoms with Gasteiger partial charge in [-0.05, 0) is 36.6 Å². The monoisotopic (exact) mass is 416 g/mol. The molecule has 3 aromatic carbocycles. The van der Waals surface area contributed by atoms with Crippen LogP contribution in [-0.2, 0) is 11.3 Å². The minimum Gasteiger partial charge on any atom is -0.483 e. The highest BCUT2D eigenvalue weighted by Crippen LogP contribution is 2.19. The van der Waals surface area contributed by atoms with Crippen molar-refractivity contribution in [2.75, 3.05) is 6.61 Å². The second-order valence-corrected chi connectivity index (χ2v) is 7.39. The SMILES string of the molecule is CC[C@H](NC(=O)COc1ccccc1C(=O)NCc1ccccc1)c1ccc(C)cc1. The number of carbonyl (C=O) groups is 2. The van der Waals surface area contributed by atoms with Crippen molar-refractivity contribution in [2.45, 2.75) is 32.9 Å². The van der Waals surface area contributed by atoms with Crippen molar-refractivity contribution in [1.29, 1.82) is 0 Å².